The Balaban J connectivity index is 1.95. The summed E-state index contributed by atoms with van der Waals surface area (Å²) in [6.45, 7) is 0.571. The predicted molar refractivity (Wildman–Crippen MR) is 72.0 cm³/mol. The van der Waals surface area contributed by atoms with Crippen molar-refractivity contribution in [2.75, 3.05) is 12.3 Å². The average Bonchev–Trinajstić information content (AvgIpc) is 2.48. The molecule has 0 atom stereocenters. The third-order valence-electron chi connectivity index (χ3n) is 3.28. The standard InChI is InChI=1S/C12H13N5O2S/c13-12-10-3-5-17(7-11(10)15-8-16-12)20(18,19)9-2-1-4-14-6-9/h1-2,4,6,8H,3,5,7H2,(H2,13,15,16). The minimum absolute atomic E-state index is 0.186. The van der Waals surface area contributed by atoms with Crippen LogP contribution in [0.3, 0.4) is 0 Å². The molecule has 7 nitrogen and oxygen atoms in total. The topological polar surface area (TPSA) is 102 Å². The maximum atomic E-state index is 12.5. The van der Waals surface area contributed by atoms with Gasteiger partial charge in [-0.25, -0.2) is 18.4 Å². The third kappa shape index (κ3) is 2.12. The summed E-state index contributed by atoms with van der Waals surface area (Å²) < 4.78 is 26.4. The number of aromatic nitrogens is 3. The lowest BCUT2D eigenvalue weighted by molar-refractivity contribution is 0.385. The molecule has 0 saturated carbocycles. The fourth-order valence-electron chi connectivity index (χ4n) is 2.21. The van der Waals surface area contributed by atoms with E-state index in [1.54, 1.807) is 12.3 Å². The van der Waals surface area contributed by atoms with E-state index >= 15 is 0 Å². The molecule has 3 heterocycles. The molecule has 0 aromatic carbocycles. The van der Waals surface area contributed by atoms with Crippen LogP contribution < -0.4 is 5.73 Å². The molecule has 0 saturated heterocycles. The van der Waals surface area contributed by atoms with E-state index < -0.39 is 10.0 Å². The van der Waals surface area contributed by atoms with Crippen molar-refractivity contribution in [2.24, 2.45) is 0 Å². The van der Waals surface area contributed by atoms with Crippen LogP contribution in [-0.4, -0.2) is 34.2 Å². The van der Waals surface area contributed by atoms with E-state index in [9.17, 15) is 8.42 Å². The highest BCUT2D eigenvalue weighted by molar-refractivity contribution is 7.89. The van der Waals surface area contributed by atoms with Gasteiger partial charge in [-0.2, -0.15) is 4.31 Å². The van der Waals surface area contributed by atoms with Crippen molar-refractivity contribution in [2.45, 2.75) is 17.9 Å². The molecular formula is C12H13N5O2S. The van der Waals surface area contributed by atoms with E-state index in [4.69, 9.17) is 5.73 Å². The van der Waals surface area contributed by atoms with Crippen LogP contribution in [0.5, 0.6) is 0 Å². The number of sulfonamides is 1. The van der Waals surface area contributed by atoms with Crippen LogP contribution in [0, 0.1) is 0 Å². The Bertz CT molecular complexity index is 733. The van der Waals surface area contributed by atoms with Gasteiger partial charge in [0.25, 0.3) is 0 Å². The molecule has 0 aliphatic carbocycles. The van der Waals surface area contributed by atoms with Crippen molar-refractivity contribution >= 4 is 15.8 Å². The number of hydrogen-bond donors (Lipinski definition) is 1. The van der Waals surface area contributed by atoms with E-state index in [0.717, 1.165) is 5.56 Å². The smallest absolute Gasteiger partial charge is 0.244 e. The highest BCUT2D eigenvalue weighted by Gasteiger charge is 2.30. The van der Waals surface area contributed by atoms with E-state index in [1.807, 2.05) is 0 Å². The van der Waals surface area contributed by atoms with E-state index in [2.05, 4.69) is 15.0 Å². The second-order valence-electron chi connectivity index (χ2n) is 4.46. The number of hydrogen-bond acceptors (Lipinski definition) is 6. The van der Waals surface area contributed by atoms with Gasteiger partial charge < -0.3 is 5.73 Å². The molecular weight excluding hydrogens is 278 g/mol. The van der Waals surface area contributed by atoms with Crippen LogP contribution in [0.1, 0.15) is 11.3 Å². The van der Waals surface area contributed by atoms with E-state index in [-0.39, 0.29) is 11.4 Å². The lowest BCUT2D eigenvalue weighted by Gasteiger charge is -2.27. The van der Waals surface area contributed by atoms with Crippen molar-refractivity contribution < 1.29 is 8.42 Å². The SMILES string of the molecule is Nc1ncnc2c1CCN(S(=O)(=O)c1cccnc1)C2. The van der Waals surface area contributed by atoms with Crippen molar-refractivity contribution in [1.29, 1.82) is 0 Å². The molecule has 2 aromatic rings. The van der Waals surface area contributed by atoms with Gasteiger partial charge in [-0.05, 0) is 18.6 Å². The second kappa shape index (κ2) is 4.80. The van der Waals surface area contributed by atoms with Crippen molar-refractivity contribution in [3.63, 3.8) is 0 Å². The van der Waals surface area contributed by atoms with Gasteiger partial charge in [0.2, 0.25) is 10.0 Å². The van der Waals surface area contributed by atoms with Gasteiger partial charge in [0, 0.05) is 24.5 Å². The van der Waals surface area contributed by atoms with Gasteiger partial charge >= 0.3 is 0 Å². The molecule has 2 aromatic heterocycles. The van der Waals surface area contributed by atoms with Crippen molar-refractivity contribution in [3.05, 3.63) is 42.1 Å². The summed E-state index contributed by atoms with van der Waals surface area (Å²) in [5.74, 6) is 0.424. The third-order valence-corrected chi connectivity index (χ3v) is 5.11. The molecule has 1 aliphatic heterocycles. The van der Waals surface area contributed by atoms with Crippen molar-refractivity contribution in [3.8, 4) is 0 Å². The average molecular weight is 291 g/mol. The summed E-state index contributed by atoms with van der Waals surface area (Å²) in [6.07, 6.45) is 4.76. The number of rotatable bonds is 2. The largest absolute Gasteiger partial charge is 0.383 e. The lowest BCUT2D eigenvalue weighted by Crippen LogP contribution is -2.37. The van der Waals surface area contributed by atoms with Gasteiger partial charge in [-0.15, -0.1) is 0 Å². The fraction of sp³-hybridized carbons (Fsp3) is 0.250. The number of fused-ring (bicyclic) bond motifs is 1. The summed E-state index contributed by atoms with van der Waals surface area (Å²) in [7, 11) is -3.55. The first-order chi connectivity index (χ1) is 9.59. The van der Waals surface area contributed by atoms with Crippen LogP contribution >= 0.6 is 0 Å². The van der Waals surface area contributed by atoms with Crippen LogP contribution in [0.4, 0.5) is 5.82 Å². The molecule has 1 aliphatic rings. The number of nitrogen functional groups attached to an aromatic ring is 1. The van der Waals surface area contributed by atoms with Gasteiger partial charge in [-0.3, -0.25) is 4.98 Å². The summed E-state index contributed by atoms with van der Waals surface area (Å²) >= 11 is 0. The Morgan fingerprint density at radius 3 is 2.90 bits per heavy atom. The first kappa shape index (κ1) is 12.9. The quantitative estimate of drug-likeness (QED) is 0.848. The molecule has 2 N–H and O–H groups in total. The molecule has 0 fully saturated rings. The van der Waals surface area contributed by atoms with Crippen molar-refractivity contribution in [1.82, 2.24) is 19.3 Å². The van der Waals surface area contributed by atoms with Gasteiger partial charge in [0.15, 0.2) is 0 Å². The molecule has 0 bridgehead atoms. The molecule has 8 heteroatoms. The Morgan fingerprint density at radius 1 is 1.30 bits per heavy atom. The summed E-state index contributed by atoms with van der Waals surface area (Å²) in [6, 6.07) is 3.14. The minimum Gasteiger partial charge on any atom is -0.383 e. The maximum absolute atomic E-state index is 12.5. The number of anilines is 1. The summed E-state index contributed by atoms with van der Waals surface area (Å²) in [4.78, 5) is 12.1. The second-order valence-corrected chi connectivity index (χ2v) is 6.40. The molecule has 0 spiro atoms. The summed E-state index contributed by atoms with van der Waals surface area (Å²) in [5, 5.41) is 0. The molecule has 0 unspecified atom stereocenters. The van der Waals surface area contributed by atoms with Gasteiger partial charge in [-0.1, -0.05) is 0 Å². The van der Waals surface area contributed by atoms with Crippen LogP contribution in [0.15, 0.2) is 35.7 Å². The normalized spacial score (nSPS) is 15.8. The van der Waals surface area contributed by atoms with Gasteiger partial charge in [0.1, 0.15) is 17.0 Å². The monoisotopic (exact) mass is 291 g/mol. The number of nitrogens with zero attached hydrogens (tertiary/aromatic N) is 4. The zero-order valence-electron chi connectivity index (χ0n) is 10.6. The van der Waals surface area contributed by atoms with Crippen LogP contribution in [0.25, 0.3) is 0 Å². The predicted octanol–water partition coefficient (Wildman–Crippen LogP) is 0.201. The minimum atomic E-state index is -3.55. The maximum Gasteiger partial charge on any atom is 0.244 e. The zero-order chi connectivity index (χ0) is 14.2. The molecule has 3 rings (SSSR count). The number of nitrogens with two attached hydrogens (primary N) is 1. The first-order valence-corrected chi connectivity index (χ1v) is 7.51. The molecule has 0 amide bonds. The van der Waals surface area contributed by atoms with E-state index in [1.165, 1.54) is 22.9 Å². The molecule has 104 valence electrons. The summed E-state index contributed by atoms with van der Waals surface area (Å²) in [5.41, 5.74) is 7.28. The highest BCUT2D eigenvalue weighted by Crippen LogP contribution is 2.25. The Morgan fingerprint density at radius 2 is 2.15 bits per heavy atom. The highest BCUT2D eigenvalue weighted by atomic mass is 32.2. The van der Waals surface area contributed by atoms with Crippen LogP contribution in [-0.2, 0) is 23.0 Å². The number of pyridine rings is 1. The van der Waals surface area contributed by atoms with Gasteiger partial charge in [0.05, 0.1) is 12.2 Å². The lowest BCUT2D eigenvalue weighted by atomic mass is 10.1. The fourth-order valence-corrected chi connectivity index (χ4v) is 3.58. The molecule has 20 heavy (non-hydrogen) atoms. The zero-order valence-corrected chi connectivity index (χ0v) is 11.4. The first-order valence-electron chi connectivity index (χ1n) is 6.07. The molecule has 0 radical (unpaired) electrons. The van der Waals surface area contributed by atoms with E-state index in [0.29, 0.717) is 24.5 Å². The Kier molecular flexibility index (Phi) is 3.11. The Hall–Kier alpha value is -2.06. The Labute approximate surface area is 116 Å². The van der Waals surface area contributed by atoms with Crippen LogP contribution in [0.2, 0.25) is 0 Å².